The zero-order valence-electron chi connectivity index (χ0n) is 9.50. The molecule has 2 aromatic rings. The molecular weight excluding hydrogens is 324 g/mol. The van der Waals surface area contributed by atoms with Crippen molar-refractivity contribution in [2.24, 2.45) is 0 Å². The van der Waals surface area contributed by atoms with E-state index in [2.05, 4.69) is 35.5 Å². The second-order valence-electron chi connectivity index (χ2n) is 3.52. The van der Waals surface area contributed by atoms with E-state index in [4.69, 9.17) is 0 Å². The molecule has 0 aliphatic rings. The lowest BCUT2D eigenvalue weighted by Gasteiger charge is -2.05. The largest absolute Gasteiger partial charge is 0.366 e. The average molecular weight is 335 g/mol. The van der Waals surface area contributed by atoms with E-state index in [1.165, 1.54) is 0 Å². The second kappa shape index (κ2) is 5.21. The number of halogens is 1. The predicted octanol–water partition coefficient (Wildman–Crippen LogP) is 0.880. The molecule has 2 rings (SSSR count). The summed E-state index contributed by atoms with van der Waals surface area (Å²) >= 11 is 3.32. The summed E-state index contributed by atoms with van der Waals surface area (Å²) in [4.78, 5) is 4.11. The van der Waals surface area contributed by atoms with Gasteiger partial charge in [-0.15, -0.1) is 5.10 Å². The van der Waals surface area contributed by atoms with Gasteiger partial charge in [-0.1, -0.05) is 0 Å². The monoisotopic (exact) mass is 334 g/mol. The Balaban J connectivity index is 1.97. The number of hydrogen-bond donors (Lipinski definition) is 1. The van der Waals surface area contributed by atoms with E-state index in [0.717, 1.165) is 16.5 Å². The van der Waals surface area contributed by atoms with Crippen LogP contribution in [0.15, 0.2) is 22.9 Å². The Morgan fingerprint density at radius 2 is 2.28 bits per heavy atom. The predicted molar refractivity (Wildman–Crippen MR) is 70.0 cm³/mol. The highest BCUT2D eigenvalue weighted by Crippen LogP contribution is 2.13. The van der Waals surface area contributed by atoms with Gasteiger partial charge in [0.15, 0.2) is 5.65 Å². The highest BCUT2D eigenvalue weighted by molar-refractivity contribution is 9.10. The van der Waals surface area contributed by atoms with Crippen molar-refractivity contribution in [1.29, 1.82) is 0 Å². The third-order valence-corrected chi connectivity index (χ3v) is 3.16. The van der Waals surface area contributed by atoms with Crippen LogP contribution >= 0.6 is 15.9 Å². The summed E-state index contributed by atoms with van der Waals surface area (Å²) in [7, 11) is -3.39. The molecule has 0 saturated heterocycles. The Morgan fingerprint density at radius 3 is 3.00 bits per heavy atom. The second-order valence-corrected chi connectivity index (χ2v) is 5.98. The summed E-state index contributed by atoms with van der Waals surface area (Å²) in [6, 6.07) is 3.56. The first-order valence-electron chi connectivity index (χ1n) is 5.04. The van der Waals surface area contributed by atoms with Gasteiger partial charge >= 0.3 is 0 Å². The van der Waals surface area contributed by atoms with Crippen LogP contribution in [0.3, 0.4) is 0 Å². The first-order chi connectivity index (χ1) is 8.46. The van der Waals surface area contributed by atoms with E-state index in [9.17, 15) is 8.42 Å². The van der Waals surface area contributed by atoms with Crippen molar-refractivity contribution >= 4 is 37.5 Å². The van der Waals surface area contributed by atoms with E-state index in [1.54, 1.807) is 22.8 Å². The lowest BCUT2D eigenvalue weighted by Crippen LogP contribution is -2.14. The van der Waals surface area contributed by atoms with Gasteiger partial charge in [-0.2, -0.15) is 8.42 Å². The van der Waals surface area contributed by atoms with E-state index in [1.807, 2.05) is 0 Å². The van der Waals surface area contributed by atoms with Crippen LogP contribution in [0.5, 0.6) is 0 Å². The number of aromatic nitrogens is 3. The molecule has 0 bridgehead atoms. The molecule has 0 spiro atoms. The van der Waals surface area contributed by atoms with Crippen molar-refractivity contribution in [3.63, 3.8) is 0 Å². The molecule has 0 aliphatic carbocycles. The maximum atomic E-state index is 10.7. The van der Waals surface area contributed by atoms with Crippen LogP contribution in [0.4, 0.5) is 5.82 Å². The molecule has 98 valence electrons. The van der Waals surface area contributed by atoms with Crippen molar-refractivity contribution in [3.05, 3.63) is 22.9 Å². The minimum atomic E-state index is -3.39. The third kappa shape index (κ3) is 3.40. The molecule has 0 saturated carbocycles. The van der Waals surface area contributed by atoms with Gasteiger partial charge in [-0.3, -0.25) is 4.18 Å². The number of rotatable bonds is 5. The fourth-order valence-electron chi connectivity index (χ4n) is 1.31. The van der Waals surface area contributed by atoms with Gasteiger partial charge in [0.05, 0.1) is 19.1 Å². The molecule has 1 N–H and O–H groups in total. The van der Waals surface area contributed by atoms with Crippen LogP contribution in [-0.4, -0.2) is 42.4 Å². The van der Waals surface area contributed by atoms with Gasteiger partial charge in [-0.25, -0.2) is 9.50 Å². The smallest absolute Gasteiger partial charge is 0.264 e. The summed E-state index contributed by atoms with van der Waals surface area (Å²) in [5, 5.41) is 7.22. The highest BCUT2D eigenvalue weighted by Gasteiger charge is 2.04. The first kappa shape index (κ1) is 13.2. The fraction of sp³-hybridized carbons (Fsp3) is 0.333. The SMILES string of the molecule is CS(=O)(=O)OCCNc1ccc2ncc(Br)n2n1. The molecule has 18 heavy (non-hydrogen) atoms. The fourth-order valence-corrected chi connectivity index (χ4v) is 2.06. The Labute approximate surface area is 112 Å². The zero-order valence-corrected chi connectivity index (χ0v) is 11.9. The van der Waals surface area contributed by atoms with Crippen molar-refractivity contribution in [2.75, 3.05) is 24.7 Å². The molecule has 0 atom stereocenters. The van der Waals surface area contributed by atoms with Crippen molar-refractivity contribution < 1.29 is 12.6 Å². The summed E-state index contributed by atoms with van der Waals surface area (Å²) in [5.41, 5.74) is 0.722. The Kier molecular flexibility index (Phi) is 3.83. The Morgan fingerprint density at radius 1 is 1.50 bits per heavy atom. The number of nitrogens with one attached hydrogen (secondary N) is 1. The molecule has 7 nitrogen and oxygen atoms in total. The lowest BCUT2D eigenvalue weighted by atomic mass is 10.5. The number of imidazole rings is 1. The summed E-state index contributed by atoms with van der Waals surface area (Å²) < 4.78 is 28.5. The highest BCUT2D eigenvalue weighted by atomic mass is 79.9. The number of hydrogen-bond acceptors (Lipinski definition) is 6. The Bertz CT molecular complexity index is 655. The van der Waals surface area contributed by atoms with Crippen LogP contribution in [0, 0.1) is 0 Å². The molecule has 0 aliphatic heterocycles. The van der Waals surface area contributed by atoms with Crippen molar-refractivity contribution in [2.45, 2.75) is 0 Å². The third-order valence-electron chi connectivity index (χ3n) is 2.03. The van der Waals surface area contributed by atoms with E-state index >= 15 is 0 Å². The molecule has 0 radical (unpaired) electrons. The molecule has 2 heterocycles. The van der Waals surface area contributed by atoms with Crippen LogP contribution in [0.25, 0.3) is 5.65 Å². The molecular formula is C9H11BrN4O3S. The van der Waals surface area contributed by atoms with Gasteiger partial charge in [-0.05, 0) is 28.1 Å². The molecule has 0 amide bonds. The topological polar surface area (TPSA) is 85.6 Å². The minimum absolute atomic E-state index is 0.0592. The van der Waals surface area contributed by atoms with Gasteiger partial charge in [0.25, 0.3) is 10.1 Å². The molecule has 0 aromatic carbocycles. The van der Waals surface area contributed by atoms with Gasteiger partial charge in [0.2, 0.25) is 0 Å². The summed E-state index contributed by atoms with van der Waals surface area (Å²) in [5.74, 6) is 0.610. The molecule has 0 fully saturated rings. The normalized spacial score (nSPS) is 11.9. The minimum Gasteiger partial charge on any atom is -0.366 e. The molecule has 0 unspecified atom stereocenters. The van der Waals surface area contributed by atoms with Crippen molar-refractivity contribution in [3.8, 4) is 0 Å². The maximum Gasteiger partial charge on any atom is 0.264 e. The first-order valence-corrected chi connectivity index (χ1v) is 7.65. The van der Waals surface area contributed by atoms with Gasteiger partial charge in [0.1, 0.15) is 10.4 Å². The zero-order chi connectivity index (χ0) is 13.2. The van der Waals surface area contributed by atoms with E-state index in [-0.39, 0.29) is 6.61 Å². The number of fused-ring (bicyclic) bond motifs is 1. The van der Waals surface area contributed by atoms with Gasteiger partial charge < -0.3 is 5.32 Å². The quantitative estimate of drug-likeness (QED) is 0.645. The van der Waals surface area contributed by atoms with E-state index in [0.29, 0.717) is 12.4 Å². The van der Waals surface area contributed by atoms with Crippen LogP contribution in [0.1, 0.15) is 0 Å². The van der Waals surface area contributed by atoms with Crippen LogP contribution in [-0.2, 0) is 14.3 Å². The van der Waals surface area contributed by atoms with Gasteiger partial charge in [0, 0.05) is 6.54 Å². The number of nitrogens with zero attached hydrogens (tertiary/aromatic N) is 3. The maximum absolute atomic E-state index is 10.7. The summed E-state index contributed by atoms with van der Waals surface area (Å²) in [6.45, 7) is 0.404. The van der Waals surface area contributed by atoms with Crippen molar-refractivity contribution in [1.82, 2.24) is 14.6 Å². The number of anilines is 1. The average Bonchev–Trinajstić information content (AvgIpc) is 2.65. The molecule has 2 aromatic heterocycles. The molecule has 9 heteroatoms. The summed E-state index contributed by atoms with van der Waals surface area (Å²) in [6.07, 6.45) is 2.67. The van der Waals surface area contributed by atoms with E-state index < -0.39 is 10.1 Å². The van der Waals surface area contributed by atoms with Crippen LogP contribution in [0.2, 0.25) is 0 Å². The Hall–Kier alpha value is -1.19. The lowest BCUT2D eigenvalue weighted by molar-refractivity contribution is 0.335. The van der Waals surface area contributed by atoms with Crippen LogP contribution < -0.4 is 5.32 Å². The standard InChI is InChI=1S/C9H11BrN4O3S/c1-18(15,16)17-5-4-11-8-2-3-9-12-6-7(10)14(9)13-8/h2-3,6H,4-5H2,1H3,(H,11,13).